The predicted molar refractivity (Wildman–Crippen MR) is 112 cm³/mol. The van der Waals surface area contributed by atoms with Gasteiger partial charge in [-0.2, -0.15) is 0 Å². The molecule has 3 nitrogen and oxygen atoms in total. The molecular weight excluding hydrogens is 384 g/mol. The fourth-order valence-corrected chi connectivity index (χ4v) is 5.57. The van der Waals surface area contributed by atoms with Gasteiger partial charge < -0.3 is 9.47 Å². The summed E-state index contributed by atoms with van der Waals surface area (Å²) in [5, 5.41) is 0. The van der Waals surface area contributed by atoms with Crippen LogP contribution in [0.15, 0.2) is 30.3 Å². The number of carbonyl (C=O) groups excluding carboxylic acids is 1. The first-order valence-electron chi connectivity index (χ1n) is 8.28. The number of ether oxygens (including phenoxy) is 2. The van der Waals surface area contributed by atoms with Crippen LogP contribution in [0, 0.1) is 11.8 Å². The molecule has 1 aromatic carbocycles. The topological polar surface area (TPSA) is 35.5 Å². The fraction of sp³-hybridized carbons (Fsp3) is 0.350. The van der Waals surface area contributed by atoms with E-state index in [9.17, 15) is 4.79 Å². The molecule has 3 rings (SSSR count). The molecule has 2 aromatic rings. The van der Waals surface area contributed by atoms with Crippen LogP contribution in [-0.2, 0) is 8.82 Å². The largest absolute Gasteiger partial charge is 0.493 e. The van der Waals surface area contributed by atoms with Gasteiger partial charge in [0.05, 0.1) is 22.2 Å². The van der Waals surface area contributed by atoms with Crippen molar-refractivity contribution in [1.82, 2.24) is 0 Å². The first kappa shape index (κ1) is 19.2. The van der Waals surface area contributed by atoms with Crippen molar-refractivity contribution in [3.63, 3.8) is 0 Å². The Morgan fingerprint density at radius 2 is 2.08 bits per heavy atom. The SMILES string of the molecule is CCOC(=O)c1ccc(C#Cc2ccc3c(c2)C(SC)(SC)CCO3)s1. The summed E-state index contributed by atoms with van der Waals surface area (Å²) in [6, 6.07) is 9.76. The molecule has 1 aromatic heterocycles. The standard InChI is InChI=1S/C20H20O3S3/c1-4-22-19(21)18-10-8-15(26-18)7-5-14-6-9-17-16(13-14)20(24-2,25-3)11-12-23-17/h6,8-10,13H,4,11-12H2,1-3H3. The molecule has 2 heterocycles. The molecule has 0 radical (unpaired) electrons. The number of hydrogen-bond donors (Lipinski definition) is 0. The van der Waals surface area contributed by atoms with Crippen molar-refractivity contribution in [2.45, 2.75) is 17.4 Å². The minimum atomic E-state index is -0.291. The molecule has 1 aliphatic heterocycles. The molecule has 136 valence electrons. The van der Waals surface area contributed by atoms with Gasteiger partial charge in [0, 0.05) is 17.5 Å². The van der Waals surface area contributed by atoms with E-state index in [2.05, 4.69) is 30.4 Å². The maximum Gasteiger partial charge on any atom is 0.348 e. The third kappa shape index (κ3) is 3.90. The Hall–Kier alpha value is -1.55. The summed E-state index contributed by atoms with van der Waals surface area (Å²) in [5.41, 5.74) is 2.15. The third-order valence-electron chi connectivity index (χ3n) is 4.15. The number of hydrogen-bond acceptors (Lipinski definition) is 6. The Morgan fingerprint density at radius 1 is 1.27 bits per heavy atom. The normalized spacial score (nSPS) is 14.6. The van der Waals surface area contributed by atoms with E-state index in [-0.39, 0.29) is 10.0 Å². The number of benzene rings is 1. The van der Waals surface area contributed by atoms with Crippen LogP contribution in [0.2, 0.25) is 0 Å². The van der Waals surface area contributed by atoms with Crippen LogP contribution in [0.1, 0.15) is 39.0 Å². The number of esters is 1. The summed E-state index contributed by atoms with van der Waals surface area (Å²) >= 11 is 5.07. The summed E-state index contributed by atoms with van der Waals surface area (Å²) in [6.45, 7) is 2.92. The lowest BCUT2D eigenvalue weighted by molar-refractivity contribution is 0.0532. The van der Waals surface area contributed by atoms with Gasteiger partial charge in [0.25, 0.3) is 0 Å². The van der Waals surface area contributed by atoms with E-state index in [0.717, 1.165) is 29.2 Å². The van der Waals surface area contributed by atoms with E-state index >= 15 is 0 Å². The lowest BCUT2D eigenvalue weighted by atomic mass is 10.0. The molecule has 0 saturated heterocycles. The zero-order valence-corrected chi connectivity index (χ0v) is 17.4. The van der Waals surface area contributed by atoms with Crippen molar-refractivity contribution in [1.29, 1.82) is 0 Å². The minimum absolute atomic E-state index is 0.0191. The molecule has 0 atom stereocenters. The predicted octanol–water partition coefficient (Wildman–Crippen LogP) is 4.99. The maximum atomic E-state index is 11.8. The van der Waals surface area contributed by atoms with Gasteiger partial charge in [0.1, 0.15) is 10.6 Å². The minimum Gasteiger partial charge on any atom is -0.493 e. The zero-order chi connectivity index (χ0) is 18.6. The Labute approximate surface area is 166 Å². The Morgan fingerprint density at radius 3 is 2.81 bits per heavy atom. The van der Waals surface area contributed by atoms with Gasteiger partial charge in [-0.3, -0.25) is 0 Å². The molecule has 0 amide bonds. The molecule has 0 N–H and O–H groups in total. The van der Waals surface area contributed by atoms with Gasteiger partial charge in [0.2, 0.25) is 0 Å². The Kier molecular flexibility index (Phi) is 6.23. The average Bonchev–Trinajstić information content (AvgIpc) is 3.15. The van der Waals surface area contributed by atoms with Crippen LogP contribution in [0.3, 0.4) is 0 Å². The second kappa shape index (κ2) is 8.43. The van der Waals surface area contributed by atoms with Crippen molar-refractivity contribution in [3.05, 3.63) is 51.2 Å². The molecule has 0 spiro atoms. The molecular formula is C20H20O3S3. The summed E-state index contributed by atoms with van der Waals surface area (Å²) in [4.78, 5) is 13.2. The number of thioether (sulfide) groups is 2. The lowest BCUT2D eigenvalue weighted by Gasteiger charge is -2.36. The highest BCUT2D eigenvalue weighted by Gasteiger charge is 2.36. The van der Waals surface area contributed by atoms with Crippen LogP contribution in [-0.4, -0.2) is 31.7 Å². The van der Waals surface area contributed by atoms with Crippen molar-refractivity contribution >= 4 is 40.8 Å². The summed E-state index contributed by atoms with van der Waals surface area (Å²) < 4.78 is 10.9. The molecule has 6 heteroatoms. The fourth-order valence-electron chi connectivity index (χ4n) is 2.82. The van der Waals surface area contributed by atoms with E-state index in [4.69, 9.17) is 9.47 Å². The van der Waals surface area contributed by atoms with Crippen molar-refractivity contribution in [3.8, 4) is 17.6 Å². The molecule has 1 aliphatic rings. The maximum absolute atomic E-state index is 11.8. The number of carbonyl (C=O) groups is 1. The molecule has 0 bridgehead atoms. The van der Waals surface area contributed by atoms with Crippen molar-refractivity contribution in [2.24, 2.45) is 0 Å². The van der Waals surface area contributed by atoms with Gasteiger partial charge >= 0.3 is 5.97 Å². The summed E-state index contributed by atoms with van der Waals surface area (Å²) in [7, 11) is 0. The monoisotopic (exact) mass is 404 g/mol. The van der Waals surface area contributed by atoms with Crippen molar-refractivity contribution in [2.75, 3.05) is 25.7 Å². The van der Waals surface area contributed by atoms with Crippen LogP contribution in [0.4, 0.5) is 0 Å². The van der Waals surface area contributed by atoms with E-state index in [1.165, 1.54) is 16.9 Å². The lowest BCUT2D eigenvalue weighted by Crippen LogP contribution is -2.26. The van der Waals surface area contributed by atoms with Gasteiger partial charge in [0.15, 0.2) is 0 Å². The smallest absolute Gasteiger partial charge is 0.348 e. The van der Waals surface area contributed by atoms with Crippen molar-refractivity contribution < 1.29 is 14.3 Å². The second-order valence-electron chi connectivity index (χ2n) is 5.60. The molecule has 0 aliphatic carbocycles. The van der Waals surface area contributed by atoms with Crippen LogP contribution in [0.5, 0.6) is 5.75 Å². The highest BCUT2D eigenvalue weighted by Crippen LogP contribution is 2.52. The average molecular weight is 405 g/mol. The van der Waals surface area contributed by atoms with Gasteiger partial charge in [-0.05, 0) is 49.8 Å². The molecule has 0 unspecified atom stereocenters. The number of rotatable bonds is 4. The van der Waals surface area contributed by atoms with E-state index in [1.807, 2.05) is 41.7 Å². The third-order valence-corrected chi connectivity index (χ3v) is 8.30. The number of fused-ring (bicyclic) bond motifs is 1. The van der Waals surface area contributed by atoms with E-state index in [1.54, 1.807) is 13.0 Å². The molecule has 26 heavy (non-hydrogen) atoms. The molecule has 0 saturated carbocycles. The number of thiophene rings is 1. The highest BCUT2D eigenvalue weighted by molar-refractivity contribution is 8.16. The van der Waals surface area contributed by atoms with Gasteiger partial charge in [-0.25, -0.2) is 4.79 Å². The first-order chi connectivity index (χ1) is 12.6. The molecule has 0 fully saturated rings. The summed E-state index contributed by atoms with van der Waals surface area (Å²) in [6.07, 6.45) is 5.27. The highest BCUT2D eigenvalue weighted by atomic mass is 32.2. The van der Waals surface area contributed by atoms with E-state index in [0.29, 0.717) is 11.5 Å². The first-order valence-corrected chi connectivity index (χ1v) is 11.5. The quantitative estimate of drug-likeness (QED) is 0.408. The zero-order valence-electron chi connectivity index (χ0n) is 15.0. The van der Waals surface area contributed by atoms with E-state index < -0.39 is 0 Å². The second-order valence-corrected chi connectivity index (χ2v) is 9.16. The Bertz CT molecular complexity index is 857. The van der Waals surface area contributed by atoms with Crippen LogP contribution < -0.4 is 4.74 Å². The van der Waals surface area contributed by atoms with Gasteiger partial charge in [-0.15, -0.1) is 34.9 Å². The Balaban J connectivity index is 1.87. The van der Waals surface area contributed by atoms with Crippen LogP contribution >= 0.6 is 34.9 Å². The summed E-state index contributed by atoms with van der Waals surface area (Å²) in [5.74, 6) is 7.03. The van der Waals surface area contributed by atoms with Gasteiger partial charge in [-0.1, -0.05) is 11.8 Å². The van der Waals surface area contributed by atoms with Crippen LogP contribution in [0.25, 0.3) is 0 Å².